The number of hydrogen-bond donors (Lipinski definition) is 0. The van der Waals surface area contributed by atoms with E-state index in [1.165, 1.54) is 0 Å². The molecule has 2 atom stereocenters. The van der Waals surface area contributed by atoms with Crippen LogP contribution in [-0.4, -0.2) is 45.7 Å². The highest BCUT2D eigenvalue weighted by Crippen LogP contribution is 2.28. The van der Waals surface area contributed by atoms with Crippen molar-refractivity contribution >= 4 is 11.8 Å². The van der Waals surface area contributed by atoms with Crippen LogP contribution in [0.5, 0.6) is 0 Å². The number of hydrogen-bond acceptors (Lipinski definition) is 3. The van der Waals surface area contributed by atoms with Gasteiger partial charge in [0.1, 0.15) is 6.04 Å². The predicted molar refractivity (Wildman–Crippen MR) is 78.3 cm³/mol. The third-order valence-corrected chi connectivity index (χ3v) is 4.59. The van der Waals surface area contributed by atoms with Gasteiger partial charge in [0.05, 0.1) is 6.04 Å². The third kappa shape index (κ3) is 2.64. The van der Waals surface area contributed by atoms with Crippen LogP contribution in [0.2, 0.25) is 0 Å². The Labute approximate surface area is 124 Å². The third-order valence-electron chi connectivity index (χ3n) is 4.59. The zero-order chi connectivity index (χ0) is 14.8. The number of carbonyl (C=O) groups is 2. The van der Waals surface area contributed by atoms with E-state index in [-0.39, 0.29) is 23.9 Å². The van der Waals surface area contributed by atoms with Crippen molar-refractivity contribution in [3.63, 3.8) is 0 Å². The maximum Gasteiger partial charge on any atom is 0.245 e. The minimum atomic E-state index is -0.257. The molecule has 0 aromatic carbocycles. The van der Waals surface area contributed by atoms with Crippen LogP contribution in [0.4, 0.5) is 0 Å². The first-order chi connectivity index (χ1) is 10.2. The number of nitrogens with zero attached hydrogens (tertiary/aromatic N) is 3. The highest BCUT2D eigenvalue weighted by atomic mass is 16.2. The van der Waals surface area contributed by atoms with Gasteiger partial charge in [-0.05, 0) is 37.8 Å². The van der Waals surface area contributed by atoms with Gasteiger partial charge in [0, 0.05) is 31.9 Å². The van der Waals surface area contributed by atoms with Gasteiger partial charge in [-0.25, -0.2) is 0 Å². The highest BCUT2D eigenvalue weighted by Gasteiger charge is 2.39. The quantitative estimate of drug-likeness (QED) is 0.833. The molecule has 5 nitrogen and oxygen atoms in total. The standard InChI is InChI=1S/C16H21N3O2/c1-12(13-5-4-8-17-11-13)18-10-7-15(20)19-9-3-2-6-14(19)16(18)21/h4-5,8,11-12,14H,2-3,6-7,9-10H2,1H3. The maximum atomic E-state index is 12.9. The zero-order valence-electron chi connectivity index (χ0n) is 12.4. The molecule has 0 saturated carbocycles. The van der Waals surface area contributed by atoms with Crippen LogP contribution in [0.3, 0.4) is 0 Å². The molecule has 2 fully saturated rings. The van der Waals surface area contributed by atoms with E-state index >= 15 is 0 Å². The normalized spacial score (nSPS) is 24.5. The Kier molecular flexibility index (Phi) is 3.90. The van der Waals surface area contributed by atoms with Crippen molar-refractivity contribution in [3.8, 4) is 0 Å². The SMILES string of the molecule is CC(c1cccnc1)N1CCC(=O)N2CCCCC2C1=O. The number of pyridine rings is 1. The molecule has 21 heavy (non-hydrogen) atoms. The van der Waals surface area contributed by atoms with E-state index in [1.54, 1.807) is 17.3 Å². The largest absolute Gasteiger partial charge is 0.334 e. The number of piperidine rings is 1. The molecular weight excluding hydrogens is 266 g/mol. The summed E-state index contributed by atoms with van der Waals surface area (Å²) in [7, 11) is 0. The van der Waals surface area contributed by atoms with Gasteiger partial charge in [-0.2, -0.15) is 0 Å². The Morgan fingerprint density at radius 1 is 1.29 bits per heavy atom. The molecule has 112 valence electrons. The predicted octanol–water partition coefficient (Wildman–Crippen LogP) is 1.76. The summed E-state index contributed by atoms with van der Waals surface area (Å²) in [6.45, 7) is 3.24. The Morgan fingerprint density at radius 2 is 2.14 bits per heavy atom. The lowest BCUT2D eigenvalue weighted by molar-refractivity contribution is -0.144. The first kappa shape index (κ1) is 14.0. The average molecular weight is 287 g/mol. The van der Waals surface area contributed by atoms with Crippen LogP contribution in [-0.2, 0) is 9.59 Å². The fourth-order valence-corrected chi connectivity index (χ4v) is 3.34. The minimum absolute atomic E-state index is 0.0409. The van der Waals surface area contributed by atoms with Crippen LogP contribution in [0.25, 0.3) is 0 Å². The van der Waals surface area contributed by atoms with E-state index in [9.17, 15) is 9.59 Å². The van der Waals surface area contributed by atoms with Gasteiger partial charge in [-0.3, -0.25) is 14.6 Å². The number of amides is 2. The van der Waals surface area contributed by atoms with Crippen LogP contribution < -0.4 is 0 Å². The van der Waals surface area contributed by atoms with Gasteiger partial charge in [-0.1, -0.05) is 6.07 Å². The van der Waals surface area contributed by atoms with Crippen LogP contribution in [0.1, 0.15) is 44.2 Å². The molecule has 2 saturated heterocycles. The van der Waals surface area contributed by atoms with Gasteiger partial charge >= 0.3 is 0 Å². The van der Waals surface area contributed by atoms with Crippen molar-refractivity contribution in [2.24, 2.45) is 0 Å². The summed E-state index contributed by atoms with van der Waals surface area (Å²) in [5.74, 6) is 0.214. The first-order valence-electron chi connectivity index (χ1n) is 7.68. The lowest BCUT2D eigenvalue weighted by atomic mass is 10.0. The molecule has 3 rings (SSSR count). The second-order valence-corrected chi connectivity index (χ2v) is 5.84. The van der Waals surface area contributed by atoms with Crippen LogP contribution in [0, 0.1) is 0 Å². The minimum Gasteiger partial charge on any atom is -0.334 e. The smallest absolute Gasteiger partial charge is 0.245 e. The van der Waals surface area contributed by atoms with Crippen molar-refractivity contribution in [3.05, 3.63) is 30.1 Å². The molecule has 1 aromatic rings. The van der Waals surface area contributed by atoms with E-state index in [2.05, 4.69) is 4.98 Å². The Hall–Kier alpha value is -1.91. The summed E-state index contributed by atoms with van der Waals surface area (Å²) in [6.07, 6.45) is 6.77. The number of rotatable bonds is 2. The fourth-order valence-electron chi connectivity index (χ4n) is 3.34. The van der Waals surface area contributed by atoms with Crippen molar-refractivity contribution in [2.45, 2.75) is 44.7 Å². The molecule has 1 aromatic heterocycles. The fraction of sp³-hybridized carbons (Fsp3) is 0.562. The molecule has 0 bridgehead atoms. The average Bonchev–Trinajstić information content (AvgIpc) is 2.66. The van der Waals surface area contributed by atoms with E-state index in [1.807, 2.05) is 24.0 Å². The van der Waals surface area contributed by atoms with Gasteiger partial charge < -0.3 is 9.80 Å². The number of carbonyl (C=O) groups excluding carboxylic acids is 2. The van der Waals surface area contributed by atoms with Crippen molar-refractivity contribution in [1.82, 2.24) is 14.8 Å². The van der Waals surface area contributed by atoms with Crippen LogP contribution >= 0.6 is 0 Å². The van der Waals surface area contributed by atoms with Crippen molar-refractivity contribution in [2.75, 3.05) is 13.1 Å². The highest BCUT2D eigenvalue weighted by molar-refractivity contribution is 5.90. The lowest BCUT2D eigenvalue weighted by Crippen LogP contribution is -2.50. The van der Waals surface area contributed by atoms with E-state index < -0.39 is 0 Å². The summed E-state index contributed by atoms with van der Waals surface area (Å²) in [6, 6.07) is 3.57. The zero-order valence-corrected chi connectivity index (χ0v) is 12.4. The number of aromatic nitrogens is 1. The second kappa shape index (κ2) is 5.84. The van der Waals surface area contributed by atoms with Gasteiger partial charge in [0.15, 0.2) is 0 Å². The molecule has 2 amide bonds. The van der Waals surface area contributed by atoms with Crippen LogP contribution in [0.15, 0.2) is 24.5 Å². The lowest BCUT2D eigenvalue weighted by Gasteiger charge is -2.36. The van der Waals surface area contributed by atoms with E-state index in [0.29, 0.717) is 13.0 Å². The molecule has 0 N–H and O–H groups in total. The molecule has 0 spiro atoms. The molecule has 0 radical (unpaired) electrons. The molecule has 5 heteroatoms. The van der Waals surface area contributed by atoms with Gasteiger partial charge in [0.25, 0.3) is 0 Å². The first-order valence-corrected chi connectivity index (χ1v) is 7.68. The molecule has 2 aliphatic rings. The molecule has 2 aliphatic heterocycles. The van der Waals surface area contributed by atoms with E-state index in [0.717, 1.165) is 31.4 Å². The van der Waals surface area contributed by atoms with Crippen molar-refractivity contribution in [1.29, 1.82) is 0 Å². The summed E-state index contributed by atoms with van der Waals surface area (Å²) < 4.78 is 0. The maximum absolute atomic E-state index is 12.9. The molecule has 0 aliphatic carbocycles. The van der Waals surface area contributed by atoms with E-state index in [4.69, 9.17) is 0 Å². The second-order valence-electron chi connectivity index (χ2n) is 5.84. The Bertz CT molecular complexity index is 532. The summed E-state index contributed by atoms with van der Waals surface area (Å²) >= 11 is 0. The molecular formula is C16H21N3O2. The Balaban J connectivity index is 1.85. The molecule has 2 unspecified atom stereocenters. The number of fused-ring (bicyclic) bond motifs is 1. The van der Waals surface area contributed by atoms with Crippen molar-refractivity contribution < 1.29 is 9.59 Å². The molecule has 3 heterocycles. The summed E-state index contributed by atoms with van der Waals surface area (Å²) in [5, 5.41) is 0. The topological polar surface area (TPSA) is 53.5 Å². The summed E-state index contributed by atoms with van der Waals surface area (Å²) in [4.78, 5) is 32.9. The summed E-state index contributed by atoms with van der Waals surface area (Å²) in [5.41, 5.74) is 1.02. The monoisotopic (exact) mass is 287 g/mol. The Morgan fingerprint density at radius 3 is 2.90 bits per heavy atom. The van der Waals surface area contributed by atoms with Gasteiger partial charge in [-0.15, -0.1) is 0 Å². The van der Waals surface area contributed by atoms with Gasteiger partial charge in [0.2, 0.25) is 11.8 Å².